The van der Waals surface area contributed by atoms with Crippen LogP contribution in [0.1, 0.15) is 83.8 Å². The highest BCUT2D eigenvalue weighted by Gasteiger charge is 2.27. The number of rotatable bonds is 6. The number of benzene rings is 1. The monoisotopic (exact) mass is 448 g/mol. The number of unbranched alkanes of at least 4 members (excludes halogenated alkanes) is 1. The van der Waals surface area contributed by atoms with Gasteiger partial charge in [0.1, 0.15) is 11.5 Å². The number of aliphatic hydroxyl groups excluding tert-OH is 1. The van der Waals surface area contributed by atoms with Gasteiger partial charge in [-0.2, -0.15) is 0 Å². The Labute approximate surface area is 199 Å². The van der Waals surface area contributed by atoms with E-state index in [4.69, 9.17) is 10.7 Å². The van der Waals surface area contributed by atoms with E-state index in [1.165, 1.54) is 0 Å². The second-order valence-corrected chi connectivity index (χ2v) is 10.5. The second kappa shape index (κ2) is 10.6. The predicted octanol–water partition coefficient (Wildman–Crippen LogP) is 6.91. The zero-order valence-electron chi connectivity index (χ0n) is 20.7. The molecule has 1 saturated carbocycles. The van der Waals surface area contributed by atoms with Crippen molar-refractivity contribution in [3.05, 3.63) is 70.0 Å². The van der Waals surface area contributed by atoms with E-state index in [-0.39, 0.29) is 17.5 Å². The summed E-state index contributed by atoms with van der Waals surface area (Å²) in [4.78, 5) is 4.88. The Hall–Kier alpha value is -2.59. The minimum atomic E-state index is -0.171. The first kappa shape index (κ1) is 25.0. The van der Waals surface area contributed by atoms with Crippen molar-refractivity contribution in [3.8, 4) is 5.75 Å². The number of nitrogens with zero attached hydrogens (tertiary/aromatic N) is 1. The van der Waals surface area contributed by atoms with Crippen molar-refractivity contribution in [2.75, 3.05) is 0 Å². The van der Waals surface area contributed by atoms with Crippen LogP contribution in [0.3, 0.4) is 0 Å². The van der Waals surface area contributed by atoms with Gasteiger partial charge in [0.2, 0.25) is 0 Å². The summed E-state index contributed by atoms with van der Waals surface area (Å²) in [5.74, 6) is 0.666. The molecule has 0 spiro atoms. The molecule has 2 atom stereocenters. The van der Waals surface area contributed by atoms with Gasteiger partial charge < -0.3 is 15.9 Å². The number of aromatic hydroxyl groups is 1. The third kappa shape index (κ3) is 6.05. The first-order valence-corrected chi connectivity index (χ1v) is 12.2. The molecule has 2 aliphatic rings. The van der Waals surface area contributed by atoms with Gasteiger partial charge in [-0.05, 0) is 60.3 Å². The summed E-state index contributed by atoms with van der Waals surface area (Å²) < 4.78 is 0. The summed E-state index contributed by atoms with van der Waals surface area (Å²) in [6.45, 7) is 12.6. The quantitative estimate of drug-likeness (QED) is 0.414. The van der Waals surface area contributed by atoms with Gasteiger partial charge >= 0.3 is 0 Å². The van der Waals surface area contributed by atoms with Crippen molar-refractivity contribution < 1.29 is 10.2 Å². The Kier molecular flexibility index (Phi) is 8.01. The average molecular weight is 449 g/mol. The van der Waals surface area contributed by atoms with Crippen LogP contribution in [0.25, 0.3) is 6.08 Å². The van der Waals surface area contributed by atoms with E-state index < -0.39 is 0 Å². The van der Waals surface area contributed by atoms with E-state index in [0.717, 1.165) is 71.9 Å². The number of aliphatic imine (C=N–C) groups is 1. The number of para-hydroxylation sites is 1. The molecule has 0 heterocycles. The van der Waals surface area contributed by atoms with Crippen LogP contribution in [-0.4, -0.2) is 28.5 Å². The van der Waals surface area contributed by atoms with Gasteiger partial charge in [-0.15, -0.1) is 0 Å². The Morgan fingerprint density at radius 3 is 2.70 bits per heavy atom. The Morgan fingerprint density at radius 2 is 2.00 bits per heavy atom. The van der Waals surface area contributed by atoms with Crippen LogP contribution in [0.5, 0.6) is 5.75 Å². The maximum absolute atomic E-state index is 10.9. The minimum absolute atomic E-state index is 0.0844. The third-order valence-corrected chi connectivity index (χ3v) is 6.60. The van der Waals surface area contributed by atoms with Crippen LogP contribution in [-0.2, 0) is 5.41 Å². The molecule has 1 aromatic rings. The van der Waals surface area contributed by atoms with Crippen LogP contribution in [0, 0.1) is 0 Å². The summed E-state index contributed by atoms with van der Waals surface area (Å²) in [5, 5.41) is 21.7. The number of phenolic OH excluding ortho intramolecular Hbond substituents is 1. The molecule has 0 amide bonds. The fourth-order valence-electron chi connectivity index (χ4n) is 4.70. The average Bonchev–Trinajstić information content (AvgIpc) is 2.74. The van der Waals surface area contributed by atoms with Gasteiger partial charge in [-0.3, -0.25) is 4.99 Å². The van der Waals surface area contributed by atoms with Crippen LogP contribution in [0.2, 0.25) is 0 Å². The van der Waals surface area contributed by atoms with E-state index in [9.17, 15) is 10.2 Å². The van der Waals surface area contributed by atoms with Crippen molar-refractivity contribution in [1.82, 2.24) is 0 Å². The van der Waals surface area contributed by atoms with Crippen molar-refractivity contribution in [2.24, 2.45) is 10.7 Å². The lowest BCUT2D eigenvalue weighted by atomic mass is 9.83. The number of hydrogen-bond acceptors (Lipinski definition) is 4. The summed E-state index contributed by atoms with van der Waals surface area (Å²) in [5.41, 5.74) is 12.0. The minimum Gasteiger partial charge on any atom is -0.507 e. The van der Waals surface area contributed by atoms with E-state index in [2.05, 4.69) is 40.3 Å². The van der Waals surface area contributed by atoms with Crippen LogP contribution < -0.4 is 5.73 Å². The molecule has 178 valence electrons. The molecule has 3 rings (SSSR count). The number of nitrogens with two attached hydrogens (primary N) is 1. The summed E-state index contributed by atoms with van der Waals surface area (Å²) in [7, 11) is 0. The smallest absolute Gasteiger partial charge is 0.126 e. The Balaban J connectivity index is 1.92. The number of hydrogen-bond donors (Lipinski definition) is 3. The van der Waals surface area contributed by atoms with Crippen molar-refractivity contribution >= 4 is 12.3 Å². The van der Waals surface area contributed by atoms with Crippen molar-refractivity contribution in [1.29, 1.82) is 0 Å². The second-order valence-electron chi connectivity index (χ2n) is 10.5. The third-order valence-electron chi connectivity index (χ3n) is 6.60. The maximum Gasteiger partial charge on any atom is 0.126 e. The normalized spacial score (nSPS) is 23.5. The lowest BCUT2D eigenvalue weighted by molar-refractivity contribution is 0.410. The maximum atomic E-state index is 10.9. The van der Waals surface area contributed by atoms with Gasteiger partial charge in [0, 0.05) is 29.8 Å². The fourth-order valence-corrected chi connectivity index (χ4v) is 4.70. The molecule has 0 radical (unpaired) electrons. The SMILES string of the molecule is C=C1C=C(CCCC)C(O)=C(C=NC2C(=Cc3cccc(C(C)(C)C)c3O)CCCC2N)C1. The van der Waals surface area contributed by atoms with Gasteiger partial charge in [0.05, 0.1) is 6.04 Å². The van der Waals surface area contributed by atoms with Crippen molar-refractivity contribution in [3.63, 3.8) is 0 Å². The van der Waals surface area contributed by atoms with Crippen LogP contribution in [0.4, 0.5) is 0 Å². The van der Waals surface area contributed by atoms with Crippen LogP contribution in [0.15, 0.2) is 63.9 Å². The summed E-state index contributed by atoms with van der Waals surface area (Å²) in [6.07, 6.45) is 12.2. The zero-order valence-corrected chi connectivity index (χ0v) is 20.7. The standard InChI is InChI=1S/C29H40N2O2/c1-6-7-10-21-15-19(2)16-23(27(21)32)18-31-26-20(11-9-14-25(26)30)17-22-12-8-13-24(28(22)33)29(3,4)5/h8,12-13,15,17-18,25-26,32-33H,2,6-7,9-11,14,16,30H2,1,3-5H3. The first-order chi connectivity index (χ1) is 15.6. The first-order valence-electron chi connectivity index (χ1n) is 12.2. The molecule has 0 bridgehead atoms. The molecule has 4 heteroatoms. The van der Waals surface area contributed by atoms with Gasteiger partial charge in [0.15, 0.2) is 0 Å². The molecule has 33 heavy (non-hydrogen) atoms. The highest BCUT2D eigenvalue weighted by atomic mass is 16.3. The van der Waals surface area contributed by atoms with E-state index >= 15 is 0 Å². The zero-order chi connectivity index (χ0) is 24.2. The highest BCUT2D eigenvalue weighted by molar-refractivity contribution is 5.83. The lowest BCUT2D eigenvalue weighted by Crippen LogP contribution is -2.38. The summed E-state index contributed by atoms with van der Waals surface area (Å²) in [6, 6.07) is 5.67. The lowest BCUT2D eigenvalue weighted by Gasteiger charge is -2.29. The summed E-state index contributed by atoms with van der Waals surface area (Å²) >= 11 is 0. The molecular formula is C29H40N2O2. The number of allylic oxidation sites excluding steroid dienone is 4. The molecule has 2 aliphatic carbocycles. The van der Waals surface area contributed by atoms with E-state index in [0.29, 0.717) is 17.9 Å². The molecule has 4 N–H and O–H groups in total. The van der Waals surface area contributed by atoms with Gasteiger partial charge in [-0.25, -0.2) is 0 Å². The Bertz CT molecular complexity index is 1000. The van der Waals surface area contributed by atoms with Crippen LogP contribution >= 0.6 is 0 Å². The number of aliphatic hydroxyl groups is 1. The van der Waals surface area contributed by atoms with E-state index in [1.54, 1.807) is 6.21 Å². The number of phenols is 1. The largest absolute Gasteiger partial charge is 0.507 e. The molecule has 0 aliphatic heterocycles. The van der Waals surface area contributed by atoms with Gasteiger partial charge in [-0.1, -0.05) is 70.5 Å². The van der Waals surface area contributed by atoms with Gasteiger partial charge in [0.25, 0.3) is 0 Å². The molecule has 0 aromatic heterocycles. The predicted molar refractivity (Wildman–Crippen MR) is 140 cm³/mol. The Morgan fingerprint density at radius 1 is 1.24 bits per heavy atom. The highest BCUT2D eigenvalue weighted by Crippen LogP contribution is 2.36. The molecular weight excluding hydrogens is 408 g/mol. The topological polar surface area (TPSA) is 78.8 Å². The molecule has 1 fully saturated rings. The van der Waals surface area contributed by atoms with Crippen molar-refractivity contribution in [2.45, 2.75) is 90.1 Å². The molecule has 1 aromatic carbocycles. The fraction of sp³-hybridized carbons (Fsp3) is 0.483. The molecule has 0 saturated heterocycles. The molecule has 4 nitrogen and oxygen atoms in total. The van der Waals surface area contributed by atoms with E-state index in [1.807, 2.05) is 24.3 Å². The molecule has 2 unspecified atom stereocenters.